The minimum Gasteiger partial charge on any atom is -0.478 e. The van der Waals surface area contributed by atoms with Gasteiger partial charge < -0.3 is 20.4 Å². The normalized spacial score (nSPS) is 14.0. The first kappa shape index (κ1) is 27.7. The molecule has 1 amide bonds. The number of carbonyl (C=O) groups excluding carboxylic acids is 1. The molecule has 1 saturated heterocycles. The van der Waals surface area contributed by atoms with Gasteiger partial charge in [-0.1, -0.05) is 37.3 Å². The highest BCUT2D eigenvalue weighted by Crippen LogP contribution is 2.29. The SMILES string of the molecule is CCCC(=O)Nc1ccc(N2CCC(Cc3ccccc3)CC2)cc1C(=O)O.O=C(O)C(F)(F)F. The molecule has 35 heavy (non-hydrogen) atoms. The second-order valence-electron chi connectivity index (χ2n) is 8.26. The Balaban J connectivity index is 0.000000540. The van der Waals surface area contributed by atoms with Crippen LogP contribution >= 0.6 is 0 Å². The van der Waals surface area contributed by atoms with Crippen LogP contribution in [0.2, 0.25) is 0 Å². The molecular formula is C25H29F3N2O5. The second kappa shape index (κ2) is 12.8. The maximum Gasteiger partial charge on any atom is 0.490 e. The fraction of sp³-hybridized carbons (Fsp3) is 0.400. The van der Waals surface area contributed by atoms with Crippen LogP contribution in [0, 0.1) is 5.92 Å². The first-order valence-corrected chi connectivity index (χ1v) is 11.3. The Morgan fingerprint density at radius 2 is 1.63 bits per heavy atom. The van der Waals surface area contributed by atoms with Crippen LogP contribution in [0.15, 0.2) is 48.5 Å². The average Bonchev–Trinajstić information content (AvgIpc) is 2.80. The van der Waals surface area contributed by atoms with Crippen molar-refractivity contribution in [2.75, 3.05) is 23.3 Å². The molecule has 0 saturated carbocycles. The summed E-state index contributed by atoms with van der Waals surface area (Å²) >= 11 is 0. The average molecular weight is 495 g/mol. The zero-order valence-electron chi connectivity index (χ0n) is 19.3. The van der Waals surface area contributed by atoms with Crippen molar-refractivity contribution in [2.24, 2.45) is 5.92 Å². The van der Waals surface area contributed by atoms with Crippen molar-refractivity contribution >= 4 is 29.2 Å². The summed E-state index contributed by atoms with van der Waals surface area (Å²) in [7, 11) is 0. The van der Waals surface area contributed by atoms with Gasteiger partial charge in [0, 0.05) is 25.2 Å². The van der Waals surface area contributed by atoms with Crippen LogP contribution in [0.25, 0.3) is 0 Å². The largest absolute Gasteiger partial charge is 0.490 e. The maximum atomic E-state index is 11.8. The number of halogens is 3. The lowest BCUT2D eigenvalue weighted by molar-refractivity contribution is -0.192. The van der Waals surface area contributed by atoms with Crippen LogP contribution in [0.5, 0.6) is 0 Å². The molecule has 0 spiro atoms. The van der Waals surface area contributed by atoms with E-state index in [1.54, 1.807) is 12.1 Å². The molecule has 0 unspecified atom stereocenters. The molecule has 1 fully saturated rings. The molecule has 3 N–H and O–H groups in total. The molecule has 1 aliphatic rings. The Morgan fingerprint density at radius 1 is 1.03 bits per heavy atom. The number of nitrogens with zero attached hydrogens (tertiary/aromatic N) is 1. The standard InChI is InChI=1S/C23H28N2O3.C2HF3O2/c1-2-6-22(26)24-21-10-9-19(16-20(21)23(27)28)25-13-11-18(12-14-25)15-17-7-4-3-5-8-17;3-2(4,5)1(6)7/h3-5,7-10,16,18H,2,6,11-15H2,1H3,(H,24,26)(H,27,28);(H,6,7). The van der Waals surface area contributed by atoms with Gasteiger partial charge in [0.2, 0.25) is 5.91 Å². The summed E-state index contributed by atoms with van der Waals surface area (Å²) < 4.78 is 31.7. The van der Waals surface area contributed by atoms with Crippen molar-refractivity contribution in [3.05, 3.63) is 59.7 Å². The quantitative estimate of drug-likeness (QED) is 0.488. The molecule has 0 aliphatic carbocycles. The van der Waals surface area contributed by atoms with E-state index in [9.17, 15) is 27.9 Å². The van der Waals surface area contributed by atoms with Crippen molar-refractivity contribution in [3.8, 4) is 0 Å². The van der Waals surface area contributed by atoms with Gasteiger partial charge in [-0.2, -0.15) is 13.2 Å². The van der Waals surface area contributed by atoms with Crippen molar-refractivity contribution in [2.45, 2.75) is 45.2 Å². The van der Waals surface area contributed by atoms with Gasteiger partial charge >= 0.3 is 18.1 Å². The Bertz CT molecular complexity index is 1000. The van der Waals surface area contributed by atoms with E-state index < -0.39 is 18.1 Å². The van der Waals surface area contributed by atoms with Crippen molar-refractivity contribution < 1.29 is 37.8 Å². The van der Waals surface area contributed by atoms with E-state index in [1.807, 2.05) is 19.1 Å². The number of nitrogens with one attached hydrogen (secondary N) is 1. The van der Waals surface area contributed by atoms with E-state index in [1.165, 1.54) is 5.56 Å². The molecular weight excluding hydrogens is 465 g/mol. The number of aliphatic carboxylic acids is 1. The molecule has 0 bridgehead atoms. The molecule has 2 aromatic carbocycles. The predicted octanol–water partition coefficient (Wildman–Crippen LogP) is 5.22. The predicted molar refractivity (Wildman–Crippen MR) is 126 cm³/mol. The number of hydrogen-bond donors (Lipinski definition) is 3. The Labute approximate surface area is 201 Å². The molecule has 0 atom stereocenters. The Kier molecular flexibility index (Phi) is 10.1. The molecule has 0 aromatic heterocycles. The summed E-state index contributed by atoms with van der Waals surface area (Å²) in [6.07, 6.45) is -0.698. The number of carbonyl (C=O) groups is 3. The van der Waals surface area contributed by atoms with Crippen LogP contribution in [-0.2, 0) is 16.0 Å². The van der Waals surface area contributed by atoms with Crippen molar-refractivity contribution in [3.63, 3.8) is 0 Å². The number of rotatable bonds is 7. The zero-order chi connectivity index (χ0) is 26.0. The fourth-order valence-corrected chi connectivity index (χ4v) is 3.80. The highest BCUT2D eigenvalue weighted by atomic mass is 19.4. The molecule has 1 aliphatic heterocycles. The molecule has 2 aromatic rings. The number of carboxylic acids is 2. The number of aromatic carboxylic acids is 1. The number of carboxylic acid groups (broad SMARTS) is 2. The van der Waals surface area contributed by atoms with E-state index >= 15 is 0 Å². The van der Waals surface area contributed by atoms with Gasteiger partial charge in [0.15, 0.2) is 0 Å². The van der Waals surface area contributed by atoms with Gasteiger partial charge in [0.25, 0.3) is 0 Å². The lowest BCUT2D eigenvalue weighted by atomic mass is 9.90. The first-order valence-electron chi connectivity index (χ1n) is 11.3. The number of amides is 1. The minimum atomic E-state index is -5.08. The maximum absolute atomic E-state index is 11.8. The third kappa shape index (κ3) is 8.95. The first-order chi connectivity index (χ1) is 16.5. The molecule has 190 valence electrons. The van der Waals surface area contributed by atoms with E-state index in [4.69, 9.17) is 9.90 Å². The fourth-order valence-electron chi connectivity index (χ4n) is 3.80. The number of anilines is 2. The summed E-state index contributed by atoms with van der Waals surface area (Å²) in [6, 6.07) is 15.9. The van der Waals surface area contributed by atoms with Crippen LogP contribution in [-0.4, -0.2) is 47.3 Å². The number of benzene rings is 2. The summed E-state index contributed by atoms with van der Waals surface area (Å²) in [5, 5.41) is 19.4. The molecule has 3 rings (SSSR count). The monoisotopic (exact) mass is 494 g/mol. The van der Waals surface area contributed by atoms with E-state index in [0.29, 0.717) is 18.0 Å². The van der Waals surface area contributed by atoms with Crippen LogP contribution in [0.1, 0.15) is 48.5 Å². The highest BCUT2D eigenvalue weighted by Gasteiger charge is 2.38. The zero-order valence-corrected chi connectivity index (χ0v) is 19.3. The third-order valence-electron chi connectivity index (χ3n) is 5.57. The lowest BCUT2D eigenvalue weighted by Gasteiger charge is -2.34. The summed E-state index contributed by atoms with van der Waals surface area (Å²) in [5.74, 6) is -3.27. The second-order valence-corrected chi connectivity index (χ2v) is 8.26. The van der Waals surface area contributed by atoms with Crippen LogP contribution in [0.3, 0.4) is 0 Å². The van der Waals surface area contributed by atoms with E-state index in [0.717, 1.165) is 44.5 Å². The molecule has 10 heteroatoms. The summed E-state index contributed by atoms with van der Waals surface area (Å²) in [4.78, 5) is 34.7. The van der Waals surface area contributed by atoms with Crippen molar-refractivity contribution in [1.29, 1.82) is 0 Å². The van der Waals surface area contributed by atoms with E-state index in [-0.39, 0.29) is 11.5 Å². The van der Waals surface area contributed by atoms with Gasteiger partial charge in [-0.15, -0.1) is 0 Å². The lowest BCUT2D eigenvalue weighted by Crippen LogP contribution is -2.34. The summed E-state index contributed by atoms with van der Waals surface area (Å²) in [6.45, 7) is 3.75. The van der Waals surface area contributed by atoms with Gasteiger partial charge in [0.1, 0.15) is 0 Å². The number of alkyl halides is 3. The van der Waals surface area contributed by atoms with Gasteiger partial charge in [-0.25, -0.2) is 9.59 Å². The third-order valence-corrected chi connectivity index (χ3v) is 5.57. The van der Waals surface area contributed by atoms with Crippen molar-refractivity contribution in [1.82, 2.24) is 0 Å². The summed E-state index contributed by atoms with van der Waals surface area (Å²) in [5.41, 5.74) is 2.80. The van der Waals surface area contributed by atoms with Gasteiger partial charge in [-0.05, 0) is 55.4 Å². The van der Waals surface area contributed by atoms with Crippen LogP contribution in [0.4, 0.5) is 24.5 Å². The number of piperidine rings is 1. The van der Waals surface area contributed by atoms with Crippen LogP contribution < -0.4 is 10.2 Å². The van der Waals surface area contributed by atoms with E-state index in [2.05, 4.69) is 34.5 Å². The highest BCUT2D eigenvalue weighted by molar-refractivity contribution is 6.01. The molecule has 7 nitrogen and oxygen atoms in total. The number of hydrogen-bond acceptors (Lipinski definition) is 4. The Morgan fingerprint density at radius 3 is 2.14 bits per heavy atom. The smallest absolute Gasteiger partial charge is 0.478 e. The Hall–Kier alpha value is -3.56. The van der Waals surface area contributed by atoms with Gasteiger partial charge in [-0.3, -0.25) is 4.79 Å². The van der Waals surface area contributed by atoms with Gasteiger partial charge in [0.05, 0.1) is 11.3 Å². The molecule has 1 heterocycles. The topological polar surface area (TPSA) is 107 Å². The minimum absolute atomic E-state index is 0.147. The molecule has 0 radical (unpaired) electrons.